The molecule has 0 radical (unpaired) electrons. The van der Waals surface area contributed by atoms with Crippen molar-refractivity contribution in [2.75, 3.05) is 0 Å². The van der Waals surface area contributed by atoms with E-state index in [4.69, 9.17) is 9.63 Å². The van der Waals surface area contributed by atoms with Gasteiger partial charge in [-0.05, 0) is 12.1 Å². The van der Waals surface area contributed by atoms with E-state index in [0.29, 0.717) is 11.3 Å². The van der Waals surface area contributed by atoms with Crippen molar-refractivity contribution < 1.29 is 14.4 Å². The maximum absolute atomic E-state index is 10.4. The van der Waals surface area contributed by atoms with Crippen LogP contribution in [0.5, 0.6) is 0 Å². The second-order valence-electron chi connectivity index (χ2n) is 2.70. The van der Waals surface area contributed by atoms with Crippen molar-refractivity contribution in [3.63, 3.8) is 0 Å². The molecule has 1 aromatic heterocycles. The van der Waals surface area contributed by atoms with Gasteiger partial charge in [-0.1, -0.05) is 17.3 Å². The first-order valence-electron chi connectivity index (χ1n) is 3.82. The molecule has 0 atom stereocenters. The summed E-state index contributed by atoms with van der Waals surface area (Å²) in [6.45, 7) is 0. The standard InChI is InChI=1S/C9H7NO3.ClH/c11-9(12)5-7-6-3-1-2-4-8(6)13-10-7;/h1-4H,5H2,(H,11,12);1H. The lowest BCUT2D eigenvalue weighted by Gasteiger charge is -1.88. The van der Waals surface area contributed by atoms with Crippen LogP contribution in [0.1, 0.15) is 5.69 Å². The number of aliphatic carboxylic acids is 1. The third-order valence-electron chi connectivity index (χ3n) is 1.77. The Bertz CT molecular complexity index is 452. The molecule has 0 aliphatic carbocycles. The highest BCUT2D eigenvalue weighted by Crippen LogP contribution is 2.17. The summed E-state index contributed by atoms with van der Waals surface area (Å²) in [7, 11) is 0. The third kappa shape index (κ3) is 1.85. The number of fused-ring (bicyclic) bond motifs is 1. The molecule has 0 amide bonds. The van der Waals surface area contributed by atoms with Gasteiger partial charge in [-0.3, -0.25) is 4.79 Å². The van der Waals surface area contributed by atoms with Gasteiger partial charge in [0.1, 0.15) is 5.69 Å². The van der Waals surface area contributed by atoms with Crippen molar-refractivity contribution in [2.24, 2.45) is 0 Å². The van der Waals surface area contributed by atoms with Gasteiger partial charge in [-0.2, -0.15) is 0 Å². The summed E-state index contributed by atoms with van der Waals surface area (Å²) in [5.41, 5.74) is 1.10. The van der Waals surface area contributed by atoms with Crippen molar-refractivity contribution >= 4 is 29.3 Å². The molecule has 4 nitrogen and oxygen atoms in total. The van der Waals surface area contributed by atoms with Crippen LogP contribution < -0.4 is 0 Å². The average molecular weight is 214 g/mol. The van der Waals surface area contributed by atoms with Crippen LogP contribution in [0.4, 0.5) is 0 Å². The Balaban J connectivity index is 0.000000980. The Morgan fingerprint density at radius 3 is 2.86 bits per heavy atom. The van der Waals surface area contributed by atoms with E-state index in [1.807, 2.05) is 12.1 Å². The van der Waals surface area contributed by atoms with Crippen molar-refractivity contribution in [2.45, 2.75) is 6.42 Å². The average Bonchev–Trinajstić information content (AvgIpc) is 2.48. The zero-order chi connectivity index (χ0) is 9.26. The van der Waals surface area contributed by atoms with Gasteiger partial charge in [0.05, 0.1) is 6.42 Å². The van der Waals surface area contributed by atoms with Crippen LogP contribution in [0, 0.1) is 0 Å². The first-order chi connectivity index (χ1) is 6.27. The predicted molar refractivity (Wildman–Crippen MR) is 52.6 cm³/mol. The lowest BCUT2D eigenvalue weighted by atomic mass is 10.2. The van der Waals surface area contributed by atoms with Crippen LogP contribution >= 0.6 is 12.4 Å². The summed E-state index contributed by atoms with van der Waals surface area (Å²) in [4.78, 5) is 10.4. The monoisotopic (exact) mass is 213 g/mol. The van der Waals surface area contributed by atoms with Crippen LogP contribution in [0.3, 0.4) is 0 Å². The number of para-hydroxylation sites is 1. The maximum Gasteiger partial charge on any atom is 0.309 e. The van der Waals surface area contributed by atoms with Crippen molar-refractivity contribution in [3.8, 4) is 0 Å². The molecule has 0 saturated heterocycles. The van der Waals surface area contributed by atoms with Gasteiger partial charge >= 0.3 is 5.97 Å². The molecule has 0 bridgehead atoms. The van der Waals surface area contributed by atoms with Gasteiger partial charge in [0.15, 0.2) is 5.58 Å². The lowest BCUT2D eigenvalue weighted by molar-refractivity contribution is -0.136. The molecule has 74 valence electrons. The van der Waals surface area contributed by atoms with E-state index in [-0.39, 0.29) is 18.8 Å². The van der Waals surface area contributed by atoms with Crippen LogP contribution in [0.2, 0.25) is 0 Å². The van der Waals surface area contributed by atoms with Crippen molar-refractivity contribution in [1.29, 1.82) is 0 Å². The first-order valence-corrected chi connectivity index (χ1v) is 3.82. The molecule has 0 spiro atoms. The normalized spacial score (nSPS) is 9.71. The predicted octanol–water partition coefficient (Wildman–Crippen LogP) is 1.88. The largest absolute Gasteiger partial charge is 0.481 e. The summed E-state index contributed by atoms with van der Waals surface area (Å²) in [6.07, 6.45) is -0.100. The Kier molecular flexibility index (Phi) is 3.09. The smallest absolute Gasteiger partial charge is 0.309 e. The maximum atomic E-state index is 10.4. The van der Waals surface area contributed by atoms with Crippen LogP contribution in [0.25, 0.3) is 11.0 Å². The second-order valence-corrected chi connectivity index (χ2v) is 2.70. The van der Waals surface area contributed by atoms with Gasteiger partial charge < -0.3 is 9.63 Å². The fourth-order valence-electron chi connectivity index (χ4n) is 1.21. The molecule has 1 N–H and O–H groups in total. The van der Waals surface area contributed by atoms with Crippen LogP contribution in [0.15, 0.2) is 28.8 Å². The highest BCUT2D eigenvalue weighted by atomic mass is 35.5. The van der Waals surface area contributed by atoms with Crippen LogP contribution in [-0.2, 0) is 11.2 Å². The van der Waals surface area contributed by atoms with E-state index in [9.17, 15) is 4.79 Å². The fourth-order valence-corrected chi connectivity index (χ4v) is 1.21. The molecule has 1 heterocycles. The lowest BCUT2D eigenvalue weighted by Crippen LogP contribution is -2.00. The third-order valence-corrected chi connectivity index (χ3v) is 1.77. The summed E-state index contributed by atoms with van der Waals surface area (Å²) in [5.74, 6) is -0.904. The quantitative estimate of drug-likeness (QED) is 0.827. The van der Waals surface area contributed by atoms with Gasteiger partial charge in [0.25, 0.3) is 0 Å². The topological polar surface area (TPSA) is 63.3 Å². The number of hydrogen-bond acceptors (Lipinski definition) is 3. The summed E-state index contributed by atoms with van der Waals surface area (Å²) >= 11 is 0. The number of nitrogens with zero attached hydrogens (tertiary/aromatic N) is 1. The number of benzene rings is 1. The molecule has 2 aromatic rings. The van der Waals surface area contributed by atoms with Gasteiger partial charge in [0.2, 0.25) is 0 Å². The molecule has 0 aliphatic heterocycles. The van der Waals surface area contributed by atoms with Crippen LogP contribution in [-0.4, -0.2) is 16.2 Å². The highest BCUT2D eigenvalue weighted by Gasteiger charge is 2.09. The molecule has 0 aliphatic rings. The van der Waals surface area contributed by atoms with Crippen molar-refractivity contribution in [3.05, 3.63) is 30.0 Å². The van der Waals surface area contributed by atoms with Gasteiger partial charge in [0, 0.05) is 5.39 Å². The summed E-state index contributed by atoms with van der Waals surface area (Å²) < 4.78 is 4.94. The summed E-state index contributed by atoms with van der Waals surface area (Å²) in [6, 6.07) is 7.20. The van der Waals surface area contributed by atoms with E-state index in [1.165, 1.54) is 0 Å². The molecule has 2 rings (SSSR count). The Morgan fingerprint density at radius 2 is 2.14 bits per heavy atom. The molecule has 1 aromatic carbocycles. The number of halogens is 1. The van der Waals surface area contributed by atoms with Gasteiger partial charge in [-0.25, -0.2) is 0 Å². The zero-order valence-electron chi connectivity index (χ0n) is 7.14. The SMILES string of the molecule is Cl.O=C(O)Cc1noc2ccccc12. The minimum Gasteiger partial charge on any atom is -0.481 e. The van der Waals surface area contributed by atoms with Crippen molar-refractivity contribution in [1.82, 2.24) is 5.16 Å². The van der Waals surface area contributed by atoms with E-state index < -0.39 is 5.97 Å². The van der Waals surface area contributed by atoms with E-state index in [1.54, 1.807) is 12.1 Å². The molecular formula is C9H8ClNO3. The summed E-state index contributed by atoms with van der Waals surface area (Å²) in [5, 5.41) is 13.0. The number of rotatable bonds is 2. The van der Waals surface area contributed by atoms with E-state index in [0.717, 1.165) is 5.39 Å². The Morgan fingerprint density at radius 1 is 1.43 bits per heavy atom. The Hall–Kier alpha value is -1.55. The minimum absolute atomic E-state index is 0. The molecule has 0 saturated carbocycles. The number of carbonyl (C=O) groups is 1. The minimum atomic E-state index is -0.904. The number of hydrogen-bond donors (Lipinski definition) is 1. The molecular weight excluding hydrogens is 206 g/mol. The molecule has 0 unspecified atom stereocenters. The number of aromatic nitrogens is 1. The Labute approximate surface area is 85.9 Å². The zero-order valence-corrected chi connectivity index (χ0v) is 7.95. The van der Waals surface area contributed by atoms with E-state index in [2.05, 4.69) is 5.16 Å². The van der Waals surface area contributed by atoms with Gasteiger partial charge in [-0.15, -0.1) is 12.4 Å². The number of carboxylic acid groups (broad SMARTS) is 1. The molecule has 0 fully saturated rings. The molecule has 14 heavy (non-hydrogen) atoms. The number of carboxylic acids is 1. The highest BCUT2D eigenvalue weighted by molar-refractivity contribution is 5.85. The fraction of sp³-hybridized carbons (Fsp3) is 0.111. The molecule has 5 heteroatoms. The van der Waals surface area contributed by atoms with E-state index >= 15 is 0 Å². The second kappa shape index (κ2) is 4.11. The first kappa shape index (κ1) is 10.5.